The minimum Gasteiger partial charge on any atom is -0.393 e. The van der Waals surface area contributed by atoms with Gasteiger partial charge in [-0.2, -0.15) is 0 Å². The number of rotatable bonds is 7. The summed E-state index contributed by atoms with van der Waals surface area (Å²) in [5, 5.41) is 13.4. The van der Waals surface area contributed by atoms with E-state index in [-0.39, 0.29) is 12.0 Å². The predicted molar refractivity (Wildman–Crippen MR) is 123 cm³/mol. The van der Waals surface area contributed by atoms with Crippen molar-refractivity contribution in [3.05, 3.63) is 77.6 Å². The maximum atomic E-state index is 12.9. The van der Waals surface area contributed by atoms with Crippen LogP contribution in [0, 0.1) is 0 Å². The number of imidazole rings is 1. The lowest BCUT2D eigenvalue weighted by molar-refractivity contribution is 0.0792. The van der Waals surface area contributed by atoms with Crippen LogP contribution in [0.25, 0.3) is 5.69 Å². The second-order valence-corrected chi connectivity index (χ2v) is 8.58. The van der Waals surface area contributed by atoms with Gasteiger partial charge in [0.05, 0.1) is 12.3 Å². The second kappa shape index (κ2) is 10.1. The summed E-state index contributed by atoms with van der Waals surface area (Å²) in [5.41, 5.74) is 3.75. The Morgan fingerprint density at radius 1 is 1.10 bits per heavy atom. The largest absolute Gasteiger partial charge is 0.393 e. The molecule has 0 radical (unpaired) electrons. The zero-order valence-corrected chi connectivity index (χ0v) is 18.5. The molecule has 0 bridgehead atoms. The summed E-state index contributed by atoms with van der Waals surface area (Å²) >= 11 is 1.51. The average Bonchev–Trinajstić information content (AvgIpc) is 3.25. The molecule has 6 nitrogen and oxygen atoms in total. The number of nitrogens with one attached hydrogen (secondary N) is 1. The number of thioether (sulfide) groups is 1. The van der Waals surface area contributed by atoms with Crippen molar-refractivity contribution in [1.82, 2.24) is 19.8 Å². The first-order chi connectivity index (χ1) is 15.1. The monoisotopic (exact) mass is 436 g/mol. The van der Waals surface area contributed by atoms with Crippen molar-refractivity contribution in [2.24, 2.45) is 0 Å². The summed E-state index contributed by atoms with van der Waals surface area (Å²) in [6, 6.07) is 18.2. The van der Waals surface area contributed by atoms with Crippen molar-refractivity contribution < 1.29 is 9.90 Å². The fourth-order valence-corrected chi connectivity index (χ4v) is 4.38. The smallest absolute Gasteiger partial charge is 0.270 e. The molecule has 2 heterocycles. The summed E-state index contributed by atoms with van der Waals surface area (Å²) < 4.78 is 1.89. The Labute approximate surface area is 187 Å². The van der Waals surface area contributed by atoms with Crippen LogP contribution in [-0.2, 0) is 13.1 Å². The Balaban J connectivity index is 1.38. The van der Waals surface area contributed by atoms with E-state index in [1.54, 1.807) is 6.20 Å². The molecule has 1 amide bonds. The number of carbonyl (C=O) groups is 1. The highest BCUT2D eigenvalue weighted by Crippen LogP contribution is 2.21. The lowest BCUT2D eigenvalue weighted by Gasteiger charge is -2.29. The molecule has 2 aromatic carbocycles. The molecule has 162 valence electrons. The van der Waals surface area contributed by atoms with Crippen molar-refractivity contribution in [3.8, 4) is 5.69 Å². The zero-order valence-electron chi connectivity index (χ0n) is 17.7. The molecule has 31 heavy (non-hydrogen) atoms. The number of hydrogen-bond donors (Lipinski definition) is 2. The van der Waals surface area contributed by atoms with Gasteiger partial charge in [0.2, 0.25) is 0 Å². The van der Waals surface area contributed by atoms with Crippen LogP contribution in [0.1, 0.15) is 34.5 Å². The molecule has 0 atom stereocenters. The number of nitrogens with zero attached hydrogens (tertiary/aromatic N) is 3. The standard InChI is InChI=1S/C24H28N4O2S/c1-31-24-26-16-22(28(24)20-5-3-2-4-6-20)23(30)25-15-18-7-9-19(10-8-18)17-27-13-11-21(29)12-14-27/h2-10,16,21,29H,11-15,17H2,1H3,(H,25,30). The Morgan fingerprint density at radius 3 is 2.45 bits per heavy atom. The molecule has 2 N–H and O–H groups in total. The summed E-state index contributed by atoms with van der Waals surface area (Å²) in [6.45, 7) is 3.23. The van der Waals surface area contributed by atoms with E-state index in [4.69, 9.17) is 0 Å². The van der Waals surface area contributed by atoms with Gasteiger partial charge in [0.25, 0.3) is 5.91 Å². The van der Waals surface area contributed by atoms with E-state index in [1.807, 2.05) is 41.2 Å². The third kappa shape index (κ3) is 5.36. The molecular weight excluding hydrogens is 408 g/mol. The maximum absolute atomic E-state index is 12.9. The molecule has 7 heteroatoms. The number of benzene rings is 2. The van der Waals surface area contributed by atoms with Crippen LogP contribution in [0.15, 0.2) is 66.0 Å². The lowest BCUT2D eigenvalue weighted by atomic mass is 10.1. The predicted octanol–water partition coefficient (Wildman–Crippen LogP) is 3.48. The number of hydrogen-bond acceptors (Lipinski definition) is 5. The molecule has 3 aromatic rings. The number of aliphatic hydroxyl groups excluding tert-OH is 1. The van der Waals surface area contributed by atoms with Gasteiger partial charge in [0.15, 0.2) is 5.16 Å². The topological polar surface area (TPSA) is 70.4 Å². The van der Waals surface area contributed by atoms with Gasteiger partial charge < -0.3 is 10.4 Å². The number of carbonyl (C=O) groups excluding carboxylic acids is 1. The zero-order chi connectivity index (χ0) is 21.6. The fraction of sp³-hybridized carbons (Fsp3) is 0.333. The lowest BCUT2D eigenvalue weighted by Crippen LogP contribution is -2.35. The quantitative estimate of drug-likeness (QED) is 0.555. The van der Waals surface area contributed by atoms with E-state index in [9.17, 15) is 9.90 Å². The SMILES string of the molecule is CSc1ncc(C(=O)NCc2ccc(CN3CCC(O)CC3)cc2)n1-c1ccccc1. The third-order valence-electron chi connectivity index (χ3n) is 5.60. The maximum Gasteiger partial charge on any atom is 0.270 e. The highest BCUT2D eigenvalue weighted by Gasteiger charge is 2.18. The normalized spacial score (nSPS) is 15.2. The van der Waals surface area contributed by atoms with Crippen molar-refractivity contribution in [2.45, 2.75) is 37.2 Å². The number of aromatic nitrogens is 2. The third-order valence-corrected chi connectivity index (χ3v) is 6.25. The van der Waals surface area contributed by atoms with Crippen LogP contribution >= 0.6 is 11.8 Å². The number of amides is 1. The van der Waals surface area contributed by atoms with Crippen molar-refractivity contribution in [2.75, 3.05) is 19.3 Å². The van der Waals surface area contributed by atoms with Gasteiger partial charge in [-0.15, -0.1) is 0 Å². The first-order valence-corrected chi connectivity index (χ1v) is 11.8. The summed E-state index contributed by atoms with van der Waals surface area (Å²) in [4.78, 5) is 19.7. The molecule has 1 aromatic heterocycles. The van der Waals surface area contributed by atoms with E-state index in [1.165, 1.54) is 17.3 Å². The number of aliphatic hydroxyl groups is 1. The van der Waals surface area contributed by atoms with Crippen LogP contribution < -0.4 is 5.32 Å². The first kappa shape index (κ1) is 21.6. The summed E-state index contributed by atoms with van der Waals surface area (Å²) in [7, 11) is 0. The Bertz CT molecular complexity index is 996. The molecule has 1 aliphatic rings. The molecule has 0 unspecified atom stereocenters. The van der Waals surface area contributed by atoms with Crippen molar-refractivity contribution in [1.29, 1.82) is 0 Å². The van der Waals surface area contributed by atoms with Gasteiger partial charge in [-0.1, -0.05) is 54.2 Å². The van der Waals surface area contributed by atoms with Crippen LogP contribution in [0.3, 0.4) is 0 Å². The van der Waals surface area contributed by atoms with Crippen LogP contribution in [-0.4, -0.2) is 50.9 Å². The van der Waals surface area contributed by atoms with Crippen LogP contribution in [0.4, 0.5) is 0 Å². The van der Waals surface area contributed by atoms with Crippen LogP contribution in [0.5, 0.6) is 0 Å². The minimum absolute atomic E-state index is 0.146. The first-order valence-electron chi connectivity index (χ1n) is 10.6. The van der Waals surface area contributed by atoms with Gasteiger partial charge in [-0.3, -0.25) is 14.3 Å². The highest BCUT2D eigenvalue weighted by molar-refractivity contribution is 7.98. The van der Waals surface area contributed by atoms with Gasteiger partial charge >= 0.3 is 0 Å². The number of likely N-dealkylation sites (tertiary alicyclic amines) is 1. The van der Waals surface area contributed by atoms with Crippen molar-refractivity contribution >= 4 is 17.7 Å². The Morgan fingerprint density at radius 2 is 1.77 bits per heavy atom. The highest BCUT2D eigenvalue weighted by atomic mass is 32.2. The molecule has 1 fully saturated rings. The number of piperidine rings is 1. The molecule has 1 aliphatic heterocycles. The average molecular weight is 437 g/mol. The van der Waals surface area contributed by atoms with Crippen molar-refractivity contribution in [3.63, 3.8) is 0 Å². The van der Waals surface area contributed by atoms with Gasteiger partial charge in [-0.05, 0) is 42.4 Å². The van der Waals surface area contributed by atoms with E-state index < -0.39 is 0 Å². The van der Waals surface area contributed by atoms with Gasteiger partial charge in [-0.25, -0.2) is 4.98 Å². The van der Waals surface area contributed by atoms with Gasteiger partial charge in [0, 0.05) is 31.9 Å². The molecule has 0 spiro atoms. The van der Waals surface area contributed by atoms with E-state index in [2.05, 4.69) is 39.5 Å². The molecule has 0 aliphatic carbocycles. The van der Waals surface area contributed by atoms with Gasteiger partial charge in [0.1, 0.15) is 5.69 Å². The minimum atomic E-state index is -0.146. The summed E-state index contributed by atoms with van der Waals surface area (Å²) in [6.07, 6.45) is 5.14. The molecular formula is C24H28N4O2S. The second-order valence-electron chi connectivity index (χ2n) is 7.81. The molecule has 1 saturated heterocycles. The fourth-order valence-electron chi connectivity index (χ4n) is 3.84. The van der Waals surface area contributed by atoms with E-state index >= 15 is 0 Å². The van der Waals surface area contributed by atoms with E-state index in [0.29, 0.717) is 12.2 Å². The Hall–Kier alpha value is -2.61. The van der Waals surface area contributed by atoms with Crippen LogP contribution in [0.2, 0.25) is 0 Å². The Kier molecular flexibility index (Phi) is 7.06. The molecule has 4 rings (SSSR count). The summed E-state index contributed by atoms with van der Waals surface area (Å²) in [5.74, 6) is -0.146. The van der Waals surface area contributed by atoms with E-state index in [0.717, 1.165) is 48.9 Å². The number of para-hydroxylation sites is 1. The molecule has 0 saturated carbocycles.